The highest BCUT2D eigenvalue weighted by molar-refractivity contribution is 5.55. The van der Waals surface area contributed by atoms with E-state index < -0.39 is 0 Å². The molecule has 90 valence electrons. The second kappa shape index (κ2) is 4.87. The minimum absolute atomic E-state index is 0.914. The van der Waals surface area contributed by atoms with Gasteiger partial charge in [-0.15, -0.1) is 0 Å². The van der Waals surface area contributed by atoms with Crippen LogP contribution in [0, 0.1) is 0 Å². The van der Waals surface area contributed by atoms with Gasteiger partial charge in [-0.1, -0.05) is 18.2 Å². The lowest BCUT2D eigenvalue weighted by molar-refractivity contribution is 1.11. The van der Waals surface area contributed by atoms with Crippen LogP contribution in [0.2, 0.25) is 0 Å². The van der Waals surface area contributed by atoms with E-state index in [9.17, 15) is 0 Å². The second-order valence-electron chi connectivity index (χ2n) is 4.13. The molecular weight excluding hydrogens is 224 g/mol. The molecule has 0 spiro atoms. The molecule has 4 heteroatoms. The van der Waals surface area contributed by atoms with E-state index in [0.29, 0.717) is 0 Å². The van der Waals surface area contributed by atoms with Gasteiger partial charge in [0, 0.05) is 18.4 Å². The normalized spacial score (nSPS) is 12.4. The molecule has 1 aromatic rings. The Morgan fingerprint density at radius 2 is 2.06 bits per heavy atom. The minimum Gasteiger partial charge on any atom is -0.384 e. The van der Waals surface area contributed by atoms with Crippen LogP contribution < -0.4 is 5.32 Å². The number of rotatable bonds is 0. The Morgan fingerprint density at radius 1 is 1.11 bits per heavy atom. The molecule has 2 N–H and O–H groups in total. The van der Waals surface area contributed by atoms with Gasteiger partial charge in [-0.2, -0.15) is 0 Å². The molecule has 4 nitrogen and oxygen atoms in total. The highest BCUT2D eigenvalue weighted by Gasteiger charge is 2.05. The van der Waals surface area contributed by atoms with E-state index in [-0.39, 0.29) is 0 Å². The van der Waals surface area contributed by atoms with E-state index in [1.807, 2.05) is 6.07 Å². The Morgan fingerprint density at radius 3 is 2.94 bits per heavy atom. The van der Waals surface area contributed by atoms with Gasteiger partial charge in [0.1, 0.15) is 5.69 Å². The number of hydrogen-bond donors (Lipinski definition) is 2. The van der Waals surface area contributed by atoms with Gasteiger partial charge in [0.15, 0.2) is 0 Å². The van der Waals surface area contributed by atoms with Crippen LogP contribution >= 0.6 is 0 Å². The fraction of sp³-hybridized carbons (Fsp3) is 0.143. The number of anilines is 1. The summed E-state index contributed by atoms with van der Waals surface area (Å²) in [6.07, 6.45) is 6.31. The molecule has 0 saturated heterocycles. The fourth-order valence-electron chi connectivity index (χ4n) is 2.03. The minimum atomic E-state index is 0.914. The van der Waals surface area contributed by atoms with Crippen molar-refractivity contribution in [3.8, 4) is 11.4 Å². The third-order valence-electron chi connectivity index (χ3n) is 2.95. The first kappa shape index (κ1) is 10.8. The molecule has 0 atom stereocenters. The van der Waals surface area contributed by atoms with Crippen molar-refractivity contribution in [2.75, 3.05) is 11.9 Å². The van der Waals surface area contributed by atoms with Gasteiger partial charge >= 0.3 is 0 Å². The number of benzene rings is 1. The van der Waals surface area contributed by atoms with Crippen LogP contribution in [0.15, 0.2) is 49.1 Å². The summed E-state index contributed by atoms with van der Waals surface area (Å²) in [5.41, 5.74) is 4.72. The first-order valence-corrected chi connectivity index (χ1v) is 5.98. The number of nitrogens with zero attached hydrogens (tertiary/aromatic N) is 2. The van der Waals surface area contributed by atoms with Crippen molar-refractivity contribution in [2.24, 2.45) is 0 Å². The van der Waals surface area contributed by atoms with E-state index in [2.05, 4.69) is 44.5 Å². The lowest BCUT2D eigenvalue weighted by atomic mass is 10.2. The maximum absolute atomic E-state index is 4.02. The van der Waals surface area contributed by atoms with Crippen molar-refractivity contribution >= 4 is 5.69 Å². The molecule has 3 aliphatic heterocycles. The van der Waals surface area contributed by atoms with Crippen LogP contribution in [0.3, 0.4) is 0 Å². The monoisotopic (exact) mass is 238 g/mol. The first-order valence-electron chi connectivity index (χ1n) is 5.98. The standard InChI is InChI=1S/C8H9N.C6H5N3/c1-2-4-8-7(3-1)5-6-9-8;1-2-8-6-3-7-4-9-5(1)6/h1-4,9H,5-6H2;1-4H,(H,7,9). The number of H-pyrrole nitrogens is 1. The molecule has 0 fully saturated rings. The first-order chi connectivity index (χ1) is 8.93. The molecule has 0 bridgehead atoms. The predicted octanol–water partition coefficient (Wildman–Crippen LogP) is 2.56. The lowest BCUT2D eigenvalue weighted by Gasteiger charge is -1.94. The predicted molar refractivity (Wildman–Crippen MR) is 71.6 cm³/mol. The van der Waals surface area contributed by atoms with Crippen molar-refractivity contribution < 1.29 is 0 Å². The number of fused-ring (bicyclic) bond motifs is 2. The number of para-hydroxylation sites is 1. The smallest absolute Gasteiger partial charge is 0.105 e. The Hall–Kier alpha value is -2.36. The van der Waals surface area contributed by atoms with Crippen LogP contribution in [-0.2, 0) is 6.42 Å². The van der Waals surface area contributed by atoms with Crippen molar-refractivity contribution in [1.82, 2.24) is 15.0 Å². The van der Waals surface area contributed by atoms with E-state index >= 15 is 0 Å². The Kier molecular flexibility index (Phi) is 2.92. The van der Waals surface area contributed by atoms with E-state index in [1.54, 1.807) is 18.7 Å². The van der Waals surface area contributed by atoms with E-state index in [0.717, 1.165) is 17.9 Å². The van der Waals surface area contributed by atoms with Crippen molar-refractivity contribution in [3.63, 3.8) is 0 Å². The molecule has 0 unspecified atom stereocenters. The molecule has 0 radical (unpaired) electrons. The summed E-state index contributed by atoms with van der Waals surface area (Å²) in [6.45, 7) is 1.11. The van der Waals surface area contributed by atoms with Crippen LogP contribution in [0.5, 0.6) is 0 Å². The molecule has 0 aromatic heterocycles. The summed E-state index contributed by atoms with van der Waals surface area (Å²) in [5.74, 6) is 0. The Balaban J connectivity index is 0.000000111. The van der Waals surface area contributed by atoms with Crippen LogP contribution in [0.4, 0.5) is 5.69 Å². The maximum atomic E-state index is 4.02. The molecule has 0 saturated carbocycles. The summed E-state index contributed by atoms with van der Waals surface area (Å²) in [4.78, 5) is 10.8. The third kappa shape index (κ3) is 2.18. The second-order valence-corrected chi connectivity index (χ2v) is 4.13. The molecule has 4 rings (SSSR count). The van der Waals surface area contributed by atoms with Gasteiger partial charge in [-0.3, -0.25) is 4.98 Å². The number of nitrogens with one attached hydrogen (secondary N) is 2. The summed E-state index contributed by atoms with van der Waals surface area (Å²) >= 11 is 0. The summed E-state index contributed by atoms with van der Waals surface area (Å²) < 4.78 is 0. The van der Waals surface area contributed by atoms with E-state index in [1.165, 1.54) is 17.7 Å². The van der Waals surface area contributed by atoms with Crippen LogP contribution in [-0.4, -0.2) is 21.5 Å². The van der Waals surface area contributed by atoms with Gasteiger partial charge < -0.3 is 10.3 Å². The Labute approximate surface area is 105 Å². The molecule has 3 aliphatic rings. The summed E-state index contributed by atoms with van der Waals surface area (Å²) in [5, 5.41) is 3.30. The quantitative estimate of drug-likeness (QED) is 0.633. The molecule has 0 amide bonds. The molecule has 1 aromatic carbocycles. The topological polar surface area (TPSA) is 53.6 Å². The van der Waals surface area contributed by atoms with Crippen LogP contribution in [0.1, 0.15) is 5.56 Å². The Bertz CT molecular complexity index is 552. The molecule has 0 aliphatic carbocycles. The molecule has 18 heavy (non-hydrogen) atoms. The van der Waals surface area contributed by atoms with Crippen molar-refractivity contribution in [1.29, 1.82) is 0 Å². The zero-order valence-corrected chi connectivity index (χ0v) is 9.93. The van der Waals surface area contributed by atoms with Crippen LogP contribution in [0.25, 0.3) is 11.4 Å². The number of aromatic nitrogens is 3. The average molecular weight is 238 g/mol. The maximum Gasteiger partial charge on any atom is 0.105 e. The SMILES string of the molecule is c1cc2[nH]cncc-2n1.c1ccc2c(c1)CCN2. The zero-order valence-electron chi connectivity index (χ0n) is 9.93. The van der Waals surface area contributed by atoms with Crippen molar-refractivity contribution in [2.45, 2.75) is 6.42 Å². The number of hydrogen-bond acceptors (Lipinski definition) is 3. The third-order valence-corrected chi connectivity index (χ3v) is 2.95. The fourth-order valence-corrected chi connectivity index (χ4v) is 2.03. The average Bonchev–Trinajstić information content (AvgIpc) is 3.08. The summed E-state index contributed by atoms with van der Waals surface area (Å²) in [6, 6.07) is 10.4. The lowest BCUT2D eigenvalue weighted by Crippen LogP contribution is -1.90. The van der Waals surface area contributed by atoms with Gasteiger partial charge in [0.05, 0.1) is 18.2 Å². The van der Waals surface area contributed by atoms with Crippen molar-refractivity contribution in [3.05, 3.63) is 54.6 Å². The number of aromatic amines is 1. The largest absolute Gasteiger partial charge is 0.384 e. The highest BCUT2D eigenvalue weighted by atomic mass is 14.9. The summed E-state index contributed by atoms with van der Waals surface area (Å²) in [7, 11) is 0. The van der Waals surface area contributed by atoms with Gasteiger partial charge in [-0.25, -0.2) is 4.98 Å². The van der Waals surface area contributed by atoms with Gasteiger partial charge in [0.25, 0.3) is 0 Å². The molecule has 3 heterocycles. The zero-order chi connectivity index (χ0) is 12.2. The van der Waals surface area contributed by atoms with Gasteiger partial charge in [0.2, 0.25) is 0 Å². The van der Waals surface area contributed by atoms with E-state index in [4.69, 9.17) is 0 Å². The van der Waals surface area contributed by atoms with Gasteiger partial charge in [-0.05, 0) is 24.1 Å². The highest BCUT2D eigenvalue weighted by Crippen LogP contribution is 2.19. The molecular formula is C14H14N4.